The number of carbonyl (C=O) groups excluding carboxylic acids is 2. The van der Waals surface area contributed by atoms with Crippen molar-refractivity contribution in [2.24, 2.45) is 0 Å². The van der Waals surface area contributed by atoms with Crippen LogP contribution in [0, 0.1) is 6.92 Å². The Hall–Kier alpha value is -2.88. The number of benzene rings is 2. The molecule has 130 valence electrons. The van der Waals surface area contributed by atoms with Gasteiger partial charge in [0.1, 0.15) is 0 Å². The Balaban J connectivity index is 1.49. The fourth-order valence-corrected chi connectivity index (χ4v) is 4.57. The summed E-state index contributed by atoms with van der Waals surface area (Å²) in [5, 5.41) is 1.27. The molecule has 2 aliphatic heterocycles. The van der Waals surface area contributed by atoms with E-state index >= 15 is 0 Å². The molecule has 2 aliphatic rings. The highest BCUT2D eigenvalue weighted by Crippen LogP contribution is 2.33. The van der Waals surface area contributed by atoms with E-state index in [1.54, 1.807) is 12.1 Å². The average Bonchev–Trinajstić information content (AvgIpc) is 3.08. The number of aromatic nitrogens is 1. The third kappa shape index (κ3) is 2.02. The minimum atomic E-state index is -0.169. The summed E-state index contributed by atoms with van der Waals surface area (Å²) in [6, 6.07) is 13.6. The van der Waals surface area contributed by atoms with E-state index < -0.39 is 0 Å². The molecule has 0 saturated carbocycles. The van der Waals surface area contributed by atoms with Crippen molar-refractivity contribution in [3.8, 4) is 0 Å². The first-order chi connectivity index (χ1) is 12.7. The summed E-state index contributed by atoms with van der Waals surface area (Å²) in [5.74, 6) is -0.339. The minimum absolute atomic E-state index is 0.169. The molecule has 0 N–H and O–H groups in total. The van der Waals surface area contributed by atoms with Crippen LogP contribution >= 0.6 is 0 Å². The van der Waals surface area contributed by atoms with Crippen molar-refractivity contribution in [1.82, 2.24) is 9.47 Å². The Bertz CT molecular complexity index is 1040. The van der Waals surface area contributed by atoms with E-state index in [1.807, 2.05) is 12.1 Å². The number of rotatable bonds is 3. The molecule has 4 heteroatoms. The van der Waals surface area contributed by atoms with Gasteiger partial charge in [0, 0.05) is 24.2 Å². The van der Waals surface area contributed by atoms with Gasteiger partial charge in [0.2, 0.25) is 0 Å². The summed E-state index contributed by atoms with van der Waals surface area (Å²) < 4.78 is 2.41. The van der Waals surface area contributed by atoms with Crippen molar-refractivity contribution in [2.45, 2.75) is 32.7 Å². The number of aryl methyl sites for hydroxylation is 2. The molecule has 2 amide bonds. The molecule has 26 heavy (non-hydrogen) atoms. The molecule has 4 nitrogen and oxygen atoms in total. The predicted octanol–water partition coefficient (Wildman–Crippen LogP) is 3.73. The highest BCUT2D eigenvalue weighted by molar-refractivity contribution is 6.21. The van der Waals surface area contributed by atoms with E-state index in [9.17, 15) is 9.59 Å². The number of fused-ring (bicyclic) bond motifs is 1. The van der Waals surface area contributed by atoms with Gasteiger partial charge in [0.25, 0.3) is 11.8 Å². The number of imide groups is 1. The van der Waals surface area contributed by atoms with Gasteiger partial charge < -0.3 is 4.57 Å². The van der Waals surface area contributed by atoms with Crippen LogP contribution in [0.15, 0.2) is 42.5 Å². The van der Waals surface area contributed by atoms with Crippen LogP contribution in [0.2, 0.25) is 0 Å². The van der Waals surface area contributed by atoms with Gasteiger partial charge >= 0.3 is 0 Å². The van der Waals surface area contributed by atoms with Gasteiger partial charge in [-0.3, -0.25) is 14.5 Å². The molecule has 2 aromatic carbocycles. The molecule has 1 aromatic heterocycles. The van der Waals surface area contributed by atoms with Crippen LogP contribution < -0.4 is 0 Å². The monoisotopic (exact) mass is 344 g/mol. The molecular weight excluding hydrogens is 324 g/mol. The number of hydrogen-bond acceptors (Lipinski definition) is 2. The predicted molar refractivity (Wildman–Crippen MR) is 101 cm³/mol. The first-order valence-electron chi connectivity index (χ1n) is 9.21. The van der Waals surface area contributed by atoms with E-state index in [4.69, 9.17) is 0 Å². The number of amides is 2. The van der Waals surface area contributed by atoms with Gasteiger partial charge in [-0.2, -0.15) is 0 Å². The number of carbonyl (C=O) groups is 2. The van der Waals surface area contributed by atoms with E-state index in [0.717, 1.165) is 13.0 Å². The fourth-order valence-electron chi connectivity index (χ4n) is 4.57. The number of hydrogen-bond donors (Lipinski definition) is 0. The van der Waals surface area contributed by atoms with Crippen molar-refractivity contribution in [1.29, 1.82) is 0 Å². The lowest BCUT2D eigenvalue weighted by Crippen LogP contribution is -2.31. The highest BCUT2D eigenvalue weighted by atomic mass is 16.2. The molecule has 0 aliphatic carbocycles. The van der Waals surface area contributed by atoms with Crippen LogP contribution in [-0.4, -0.2) is 27.8 Å². The summed E-state index contributed by atoms with van der Waals surface area (Å²) in [4.78, 5) is 26.6. The normalized spacial score (nSPS) is 15.8. The van der Waals surface area contributed by atoms with Crippen LogP contribution in [0.3, 0.4) is 0 Å². The van der Waals surface area contributed by atoms with E-state index in [0.29, 0.717) is 24.1 Å². The zero-order chi connectivity index (χ0) is 17.8. The first-order valence-corrected chi connectivity index (χ1v) is 9.21. The number of nitrogens with zero attached hydrogens (tertiary/aromatic N) is 2. The van der Waals surface area contributed by atoms with Gasteiger partial charge in [-0.15, -0.1) is 0 Å². The quantitative estimate of drug-likeness (QED) is 0.679. The smallest absolute Gasteiger partial charge is 0.261 e. The Kier molecular flexibility index (Phi) is 3.29. The van der Waals surface area contributed by atoms with Crippen LogP contribution in [0.5, 0.6) is 0 Å². The summed E-state index contributed by atoms with van der Waals surface area (Å²) >= 11 is 0. The molecule has 0 fully saturated rings. The SMILES string of the molecule is Cc1c(CCN2C(=O)c3ccccc3C2=O)c2cccc3c2n1CCC3. The zero-order valence-corrected chi connectivity index (χ0v) is 14.8. The van der Waals surface area contributed by atoms with Crippen LogP contribution in [-0.2, 0) is 19.4 Å². The summed E-state index contributed by atoms with van der Waals surface area (Å²) in [6.45, 7) is 3.63. The lowest BCUT2D eigenvalue weighted by atomic mass is 10.0. The lowest BCUT2D eigenvalue weighted by Gasteiger charge is -2.16. The van der Waals surface area contributed by atoms with Gasteiger partial charge in [-0.1, -0.05) is 30.3 Å². The van der Waals surface area contributed by atoms with Crippen molar-refractivity contribution < 1.29 is 9.59 Å². The van der Waals surface area contributed by atoms with Crippen molar-refractivity contribution in [2.75, 3.05) is 6.54 Å². The second kappa shape index (κ2) is 5.56. The molecule has 0 radical (unpaired) electrons. The Labute approximate surface area is 152 Å². The standard InChI is InChI=1S/C22H20N2O2/c1-14-16(17-10-4-6-15-7-5-12-23(14)20(15)17)11-13-24-21(25)18-8-2-3-9-19(18)22(24)26/h2-4,6,8-10H,5,7,11-13H2,1H3. The average molecular weight is 344 g/mol. The minimum Gasteiger partial charge on any atom is -0.344 e. The first kappa shape index (κ1) is 15.4. The molecule has 0 spiro atoms. The van der Waals surface area contributed by atoms with Crippen LogP contribution in [0.25, 0.3) is 10.9 Å². The molecule has 0 unspecified atom stereocenters. The summed E-state index contributed by atoms with van der Waals surface area (Å²) in [5.41, 5.74) is 6.33. The van der Waals surface area contributed by atoms with Crippen LogP contribution in [0.1, 0.15) is 44.0 Å². The Morgan fingerprint density at radius 1 is 0.962 bits per heavy atom. The van der Waals surface area contributed by atoms with Gasteiger partial charge in [0.15, 0.2) is 0 Å². The maximum atomic E-state index is 12.6. The molecule has 0 saturated heterocycles. The molecule has 0 bridgehead atoms. The maximum Gasteiger partial charge on any atom is 0.261 e. The number of para-hydroxylation sites is 1. The highest BCUT2D eigenvalue weighted by Gasteiger charge is 2.35. The fraction of sp³-hybridized carbons (Fsp3) is 0.273. The molecule has 3 aromatic rings. The molecule has 5 rings (SSSR count). The summed E-state index contributed by atoms with van der Waals surface area (Å²) in [6.07, 6.45) is 2.99. The van der Waals surface area contributed by atoms with Crippen molar-refractivity contribution in [3.63, 3.8) is 0 Å². The second-order valence-corrected chi connectivity index (χ2v) is 7.19. The molecule has 0 atom stereocenters. The molecule has 3 heterocycles. The third-order valence-corrected chi connectivity index (χ3v) is 5.85. The lowest BCUT2D eigenvalue weighted by molar-refractivity contribution is 0.0656. The Morgan fingerprint density at radius 2 is 1.69 bits per heavy atom. The second-order valence-electron chi connectivity index (χ2n) is 7.19. The third-order valence-electron chi connectivity index (χ3n) is 5.85. The van der Waals surface area contributed by atoms with E-state index in [1.165, 1.54) is 39.0 Å². The van der Waals surface area contributed by atoms with Gasteiger partial charge in [0.05, 0.1) is 16.6 Å². The molecular formula is C22H20N2O2. The van der Waals surface area contributed by atoms with Crippen molar-refractivity contribution >= 4 is 22.7 Å². The topological polar surface area (TPSA) is 42.3 Å². The Morgan fingerprint density at radius 3 is 2.42 bits per heavy atom. The maximum absolute atomic E-state index is 12.6. The van der Waals surface area contributed by atoms with Crippen molar-refractivity contribution in [3.05, 3.63) is 70.4 Å². The zero-order valence-electron chi connectivity index (χ0n) is 14.8. The van der Waals surface area contributed by atoms with Gasteiger partial charge in [-0.25, -0.2) is 0 Å². The van der Waals surface area contributed by atoms with E-state index in [-0.39, 0.29) is 11.8 Å². The van der Waals surface area contributed by atoms with Gasteiger partial charge in [-0.05, 0) is 49.4 Å². The largest absolute Gasteiger partial charge is 0.344 e. The van der Waals surface area contributed by atoms with E-state index in [2.05, 4.69) is 29.7 Å². The van der Waals surface area contributed by atoms with Crippen LogP contribution in [0.4, 0.5) is 0 Å². The summed E-state index contributed by atoms with van der Waals surface area (Å²) in [7, 11) is 0.